The van der Waals surface area contributed by atoms with Crippen molar-refractivity contribution in [1.29, 1.82) is 0 Å². The Hall–Kier alpha value is -3.29. The van der Waals surface area contributed by atoms with Gasteiger partial charge in [-0.15, -0.1) is 10.2 Å². The number of aromatic nitrogens is 3. The largest absolute Gasteiger partial charge is 0.494 e. The van der Waals surface area contributed by atoms with Gasteiger partial charge >= 0.3 is 0 Å². The molecule has 6 nitrogen and oxygen atoms in total. The molecular weight excluding hydrogens is 456 g/mol. The lowest BCUT2D eigenvalue weighted by atomic mass is 10.2. The lowest BCUT2D eigenvalue weighted by molar-refractivity contribution is -0.113. The molecule has 1 amide bonds. The van der Waals surface area contributed by atoms with Crippen molar-refractivity contribution in [3.8, 4) is 22.8 Å². The molecule has 1 aromatic heterocycles. The van der Waals surface area contributed by atoms with Crippen LogP contribution in [0.2, 0.25) is 5.02 Å². The molecule has 0 aliphatic heterocycles. The molecule has 0 spiro atoms. The van der Waals surface area contributed by atoms with Crippen molar-refractivity contribution in [3.63, 3.8) is 0 Å². The van der Waals surface area contributed by atoms with Crippen LogP contribution in [-0.2, 0) is 4.79 Å². The smallest absolute Gasteiger partial charge is 0.234 e. The third-order valence-corrected chi connectivity index (χ3v) is 6.03. The van der Waals surface area contributed by atoms with E-state index in [1.54, 1.807) is 12.1 Å². The summed E-state index contributed by atoms with van der Waals surface area (Å²) in [7, 11) is 0. The molecule has 0 radical (unpaired) electrons. The van der Waals surface area contributed by atoms with E-state index >= 15 is 0 Å². The average molecular weight is 479 g/mol. The monoisotopic (exact) mass is 478 g/mol. The van der Waals surface area contributed by atoms with Crippen LogP contribution in [0.3, 0.4) is 0 Å². The van der Waals surface area contributed by atoms with Crippen molar-refractivity contribution < 1.29 is 9.53 Å². The van der Waals surface area contributed by atoms with E-state index in [2.05, 4.69) is 15.5 Å². The van der Waals surface area contributed by atoms with Gasteiger partial charge in [0.2, 0.25) is 5.91 Å². The SMILES string of the molecule is CCOc1ccc(-n2c(SCC(=O)Nc3ccc(Cl)cc3C)nnc2-c2ccccc2)cc1. The van der Waals surface area contributed by atoms with E-state index in [0.29, 0.717) is 22.6 Å². The van der Waals surface area contributed by atoms with Gasteiger partial charge in [-0.1, -0.05) is 53.7 Å². The third-order valence-electron chi connectivity index (χ3n) is 4.87. The van der Waals surface area contributed by atoms with Gasteiger partial charge in [0.25, 0.3) is 0 Å². The van der Waals surface area contributed by atoms with Crippen LogP contribution in [0.25, 0.3) is 17.1 Å². The van der Waals surface area contributed by atoms with Crippen molar-refractivity contribution in [2.45, 2.75) is 19.0 Å². The summed E-state index contributed by atoms with van der Waals surface area (Å²) < 4.78 is 7.52. The molecule has 1 heterocycles. The number of hydrogen-bond donors (Lipinski definition) is 1. The van der Waals surface area contributed by atoms with E-state index < -0.39 is 0 Å². The van der Waals surface area contributed by atoms with Crippen molar-refractivity contribution in [2.24, 2.45) is 0 Å². The Kier molecular flexibility index (Phi) is 7.32. The fourth-order valence-corrected chi connectivity index (χ4v) is 4.29. The zero-order valence-electron chi connectivity index (χ0n) is 18.3. The number of amides is 1. The molecule has 1 N–H and O–H groups in total. The van der Waals surface area contributed by atoms with Gasteiger partial charge in [0.05, 0.1) is 12.4 Å². The highest BCUT2D eigenvalue weighted by atomic mass is 35.5. The molecule has 0 unspecified atom stereocenters. The number of ether oxygens (including phenoxy) is 1. The standard InChI is InChI=1S/C25H23ClN4O2S/c1-3-32-21-12-10-20(11-13-21)30-24(18-7-5-4-6-8-18)28-29-25(30)33-16-23(31)27-22-14-9-19(26)15-17(22)2/h4-15H,3,16H2,1-2H3,(H,27,31). The Morgan fingerprint density at radius 2 is 1.82 bits per heavy atom. The summed E-state index contributed by atoms with van der Waals surface area (Å²) >= 11 is 7.34. The highest BCUT2D eigenvalue weighted by molar-refractivity contribution is 7.99. The lowest BCUT2D eigenvalue weighted by Gasteiger charge is -2.12. The maximum Gasteiger partial charge on any atom is 0.234 e. The van der Waals surface area contributed by atoms with Gasteiger partial charge < -0.3 is 10.1 Å². The molecule has 0 fully saturated rings. The molecule has 3 aromatic carbocycles. The second kappa shape index (κ2) is 10.6. The Labute approximate surface area is 202 Å². The maximum atomic E-state index is 12.6. The molecule has 33 heavy (non-hydrogen) atoms. The van der Waals surface area contributed by atoms with Crippen LogP contribution in [0, 0.1) is 6.92 Å². The van der Waals surface area contributed by atoms with Crippen LogP contribution in [-0.4, -0.2) is 33.0 Å². The number of halogens is 1. The molecule has 168 valence electrons. The van der Waals surface area contributed by atoms with Gasteiger partial charge in [-0.05, 0) is 61.9 Å². The first-order valence-electron chi connectivity index (χ1n) is 10.5. The number of thioether (sulfide) groups is 1. The zero-order chi connectivity index (χ0) is 23.2. The summed E-state index contributed by atoms with van der Waals surface area (Å²) in [5, 5.41) is 13.0. The van der Waals surface area contributed by atoms with Crippen LogP contribution in [0.1, 0.15) is 12.5 Å². The predicted molar refractivity (Wildman–Crippen MR) is 134 cm³/mol. The van der Waals surface area contributed by atoms with E-state index in [4.69, 9.17) is 16.3 Å². The molecule has 0 saturated carbocycles. The summed E-state index contributed by atoms with van der Waals surface area (Å²) in [6.07, 6.45) is 0. The fraction of sp³-hybridized carbons (Fsp3) is 0.160. The number of benzene rings is 3. The van der Waals surface area contributed by atoms with Crippen molar-refractivity contribution in [2.75, 3.05) is 17.7 Å². The molecular formula is C25H23ClN4O2S. The molecule has 8 heteroatoms. The number of anilines is 1. The second-order valence-electron chi connectivity index (χ2n) is 7.23. The number of rotatable bonds is 8. The van der Waals surface area contributed by atoms with Crippen molar-refractivity contribution in [3.05, 3.63) is 83.4 Å². The van der Waals surface area contributed by atoms with Gasteiger partial charge in [0, 0.05) is 22.0 Å². The van der Waals surface area contributed by atoms with Crippen molar-refractivity contribution >= 4 is 35.0 Å². The topological polar surface area (TPSA) is 69.0 Å². The van der Waals surface area contributed by atoms with Crippen LogP contribution in [0.5, 0.6) is 5.75 Å². The van der Waals surface area contributed by atoms with Crippen LogP contribution >= 0.6 is 23.4 Å². The van der Waals surface area contributed by atoms with Gasteiger partial charge in [0.1, 0.15) is 5.75 Å². The molecule has 0 aliphatic rings. The third kappa shape index (κ3) is 5.56. The minimum absolute atomic E-state index is 0.132. The summed E-state index contributed by atoms with van der Waals surface area (Å²) in [6, 6.07) is 23.0. The molecule has 4 rings (SSSR count). The Morgan fingerprint density at radius 3 is 2.52 bits per heavy atom. The van der Waals surface area contributed by atoms with Gasteiger partial charge in [-0.2, -0.15) is 0 Å². The first kappa shape index (κ1) is 22.9. The summed E-state index contributed by atoms with van der Waals surface area (Å²) in [5.74, 6) is 1.55. The van der Waals surface area contributed by atoms with E-state index in [9.17, 15) is 4.79 Å². The summed E-state index contributed by atoms with van der Waals surface area (Å²) in [5.41, 5.74) is 3.47. The zero-order valence-corrected chi connectivity index (χ0v) is 19.9. The van der Waals surface area contributed by atoms with Crippen LogP contribution in [0.15, 0.2) is 78.0 Å². The highest BCUT2D eigenvalue weighted by Crippen LogP contribution is 2.29. The van der Waals surface area contributed by atoms with E-state index in [1.165, 1.54) is 11.8 Å². The summed E-state index contributed by atoms with van der Waals surface area (Å²) in [4.78, 5) is 12.6. The number of aryl methyl sites for hydroxylation is 1. The van der Waals surface area contributed by atoms with Gasteiger partial charge in [0.15, 0.2) is 11.0 Å². The quantitative estimate of drug-likeness (QED) is 0.313. The first-order chi connectivity index (χ1) is 16.0. The first-order valence-corrected chi connectivity index (χ1v) is 11.8. The fourth-order valence-electron chi connectivity index (χ4n) is 3.31. The number of carbonyl (C=O) groups excluding carboxylic acids is 1. The number of hydrogen-bond acceptors (Lipinski definition) is 5. The molecule has 4 aromatic rings. The highest BCUT2D eigenvalue weighted by Gasteiger charge is 2.17. The van der Waals surface area contributed by atoms with E-state index in [0.717, 1.165) is 28.3 Å². The second-order valence-corrected chi connectivity index (χ2v) is 8.61. The average Bonchev–Trinajstić information content (AvgIpc) is 3.25. The predicted octanol–water partition coefficient (Wildman–Crippen LogP) is 6.03. The van der Waals surface area contributed by atoms with Crippen LogP contribution in [0.4, 0.5) is 5.69 Å². The van der Waals surface area contributed by atoms with Gasteiger partial charge in [-0.25, -0.2) is 0 Å². The molecule has 0 aliphatic carbocycles. The summed E-state index contributed by atoms with van der Waals surface area (Å²) in [6.45, 7) is 4.46. The molecule has 0 atom stereocenters. The molecule has 0 saturated heterocycles. The van der Waals surface area contributed by atoms with Gasteiger partial charge in [-0.3, -0.25) is 9.36 Å². The lowest BCUT2D eigenvalue weighted by Crippen LogP contribution is -2.15. The van der Waals surface area contributed by atoms with Crippen molar-refractivity contribution in [1.82, 2.24) is 14.8 Å². The normalized spacial score (nSPS) is 10.8. The number of nitrogens with zero attached hydrogens (tertiary/aromatic N) is 3. The number of carbonyl (C=O) groups is 1. The maximum absolute atomic E-state index is 12.6. The minimum atomic E-state index is -0.132. The van der Waals surface area contributed by atoms with E-state index in [1.807, 2.05) is 79.1 Å². The number of nitrogens with one attached hydrogen (secondary N) is 1. The Balaban J connectivity index is 1.58. The Bertz CT molecular complexity index is 1240. The van der Waals surface area contributed by atoms with Crippen LogP contribution < -0.4 is 10.1 Å². The molecule has 0 bridgehead atoms. The Morgan fingerprint density at radius 1 is 1.06 bits per heavy atom. The van der Waals surface area contributed by atoms with E-state index in [-0.39, 0.29) is 11.7 Å². The minimum Gasteiger partial charge on any atom is -0.494 e.